The Bertz CT molecular complexity index is 1020. The monoisotopic (exact) mass is 368 g/mol. The molecule has 5 nitrogen and oxygen atoms in total. The number of nitrogens with two attached hydrogens (primary N) is 1. The molecule has 3 aromatic rings. The number of amidine groups is 1. The zero-order valence-electron chi connectivity index (χ0n) is 14.9. The van der Waals surface area contributed by atoms with Crippen LogP contribution in [0.1, 0.15) is 16.7 Å². The minimum Gasteiger partial charge on any atom is -0.497 e. The molecule has 1 heterocycles. The summed E-state index contributed by atoms with van der Waals surface area (Å²) >= 11 is 1.39. The molecule has 0 saturated heterocycles. The Morgan fingerprint density at radius 1 is 1.15 bits per heavy atom. The molecule has 0 aliphatic rings. The van der Waals surface area contributed by atoms with Crippen LogP contribution in [0.3, 0.4) is 0 Å². The van der Waals surface area contributed by atoms with E-state index >= 15 is 0 Å². The number of rotatable bonds is 4. The second-order valence-corrected chi connectivity index (χ2v) is 7.03. The van der Waals surface area contributed by atoms with Gasteiger partial charge in [0.2, 0.25) is 0 Å². The van der Waals surface area contributed by atoms with Gasteiger partial charge in [-0.15, -0.1) is 0 Å². The van der Waals surface area contributed by atoms with Crippen LogP contribution in [-0.4, -0.2) is 12.3 Å². The third-order valence-electron chi connectivity index (χ3n) is 3.86. The fourth-order valence-electron chi connectivity index (χ4n) is 2.78. The highest BCUT2D eigenvalue weighted by atomic mass is 32.2. The molecule has 0 aliphatic carbocycles. The van der Waals surface area contributed by atoms with Crippen molar-refractivity contribution in [3.63, 3.8) is 0 Å². The van der Waals surface area contributed by atoms with Crippen LogP contribution in [0.5, 0.6) is 5.75 Å². The normalized spacial score (nSPS) is 11.7. The number of hydrogen-bond donors (Lipinski definition) is 1. The van der Waals surface area contributed by atoms with Crippen molar-refractivity contribution in [2.45, 2.75) is 19.6 Å². The maximum absolute atomic E-state index is 11.8. The van der Waals surface area contributed by atoms with E-state index in [1.54, 1.807) is 13.2 Å². The number of fused-ring (bicyclic) bond motifs is 1. The fraction of sp³-hybridized carbons (Fsp3) is 0.200. The lowest BCUT2D eigenvalue weighted by Gasteiger charge is -2.07. The van der Waals surface area contributed by atoms with Gasteiger partial charge >= 0.3 is 5.63 Å². The van der Waals surface area contributed by atoms with Crippen molar-refractivity contribution in [1.29, 1.82) is 0 Å². The fourth-order valence-corrected chi connectivity index (χ4v) is 3.50. The highest BCUT2D eigenvalue weighted by molar-refractivity contribution is 8.13. The zero-order chi connectivity index (χ0) is 18.7. The number of aliphatic imine (C=N–C) groups is 1. The van der Waals surface area contributed by atoms with E-state index in [0.29, 0.717) is 22.3 Å². The Morgan fingerprint density at radius 2 is 1.88 bits per heavy atom. The van der Waals surface area contributed by atoms with Gasteiger partial charge in [-0.25, -0.2) is 9.79 Å². The molecule has 0 spiro atoms. The summed E-state index contributed by atoms with van der Waals surface area (Å²) < 4.78 is 10.4. The zero-order valence-corrected chi connectivity index (χ0v) is 15.7. The first-order chi connectivity index (χ1) is 12.4. The smallest absolute Gasteiger partial charge is 0.336 e. The largest absolute Gasteiger partial charge is 0.497 e. The summed E-state index contributed by atoms with van der Waals surface area (Å²) in [6, 6.07) is 13.0. The van der Waals surface area contributed by atoms with Crippen LogP contribution in [0.15, 0.2) is 56.7 Å². The number of ether oxygens (including phenoxy) is 1. The lowest BCUT2D eigenvalue weighted by molar-refractivity contribution is 0.414. The number of benzene rings is 2. The van der Waals surface area contributed by atoms with Crippen molar-refractivity contribution in [1.82, 2.24) is 0 Å². The summed E-state index contributed by atoms with van der Waals surface area (Å²) in [5.74, 6) is 1.16. The summed E-state index contributed by atoms with van der Waals surface area (Å²) in [6.45, 7) is 4.05. The van der Waals surface area contributed by atoms with E-state index in [4.69, 9.17) is 14.9 Å². The van der Waals surface area contributed by atoms with Crippen molar-refractivity contribution < 1.29 is 9.15 Å². The molecule has 0 saturated carbocycles. The number of hydrogen-bond acceptors (Lipinski definition) is 5. The number of aryl methyl sites for hydroxylation is 2. The molecular weight excluding hydrogens is 348 g/mol. The minimum absolute atomic E-state index is 0.397. The van der Waals surface area contributed by atoms with Gasteiger partial charge in [-0.1, -0.05) is 17.8 Å². The van der Waals surface area contributed by atoms with Gasteiger partial charge in [-0.2, -0.15) is 0 Å². The van der Waals surface area contributed by atoms with E-state index in [1.165, 1.54) is 17.8 Å². The van der Waals surface area contributed by atoms with Crippen LogP contribution in [0.25, 0.3) is 11.0 Å². The van der Waals surface area contributed by atoms with Gasteiger partial charge in [0.1, 0.15) is 11.3 Å². The third kappa shape index (κ3) is 4.26. The Balaban J connectivity index is 1.84. The van der Waals surface area contributed by atoms with Crippen LogP contribution < -0.4 is 16.1 Å². The standard InChI is InChI=1S/C20H20N2O3S/c1-12-6-13(2)8-15(7-12)22-20(21)26-11-14-9-19(23)25-18-10-16(24-3)4-5-17(14)18/h4-10H,11H2,1-3H3,(H2,21,22). The second kappa shape index (κ2) is 7.66. The number of nitrogens with zero attached hydrogens (tertiary/aromatic N) is 1. The molecule has 6 heteroatoms. The van der Waals surface area contributed by atoms with Gasteiger partial charge in [-0.05, 0) is 54.8 Å². The second-order valence-electron chi connectivity index (χ2n) is 6.04. The maximum Gasteiger partial charge on any atom is 0.336 e. The summed E-state index contributed by atoms with van der Waals surface area (Å²) in [4.78, 5) is 16.3. The Hall–Kier alpha value is -2.73. The van der Waals surface area contributed by atoms with Crippen LogP contribution in [-0.2, 0) is 5.75 Å². The predicted molar refractivity (Wildman–Crippen MR) is 108 cm³/mol. The average Bonchev–Trinajstić information content (AvgIpc) is 2.58. The lowest BCUT2D eigenvalue weighted by atomic mass is 10.1. The van der Waals surface area contributed by atoms with E-state index in [-0.39, 0.29) is 0 Å². The summed E-state index contributed by atoms with van der Waals surface area (Å²) in [5, 5.41) is 1.31. The van der Waals surface area contributed by atoms with E-state index < -0.39 is 5.63 Å². The van der Waals surface area contributed by atoms with Crippen molar-refractivity contribution in [2.75, 3.05) is 7.11 Å². The average molecular weight is 368 g/mol. The molecule has 0 fully saturated rings. The first-order valence-corrected chi connectivity index (χ1v) is 9.09. The van der Waals surface area contributed by atoms with Crippen molar-refractivity contribution >= 4 is 33.6 Å². The van der Waals surface area contributed by atoms with Crippen LogP contribution in [0, 0.1) is 13.8 Å². The summed E-state index contributed by atoms with van der Waals surface area (Å²) in [6.07, 6.45) is 0. The maximum atomic E-state index is 11.8. The molecule has 0 atom stereocenters. The first-order valence-electron chi connectivity index (χ1n) is 8.10. The Kier molecular flexibility index (Phi) is 5.32. The topological polar surface area (TPSA) is 77.8 Å². The summed E-state index contributed by atoms with van der Waals surface area (Å²) in [7, 11) is 1.57. The van der Waals surface area contributed by atoms with Gasteiger partial charge in [0.25, 0.3) is 0 Å². The summed E-state index contributed by atoms with van der Waals surface area (Å²) in [5.41, 5.74) is 10.1. The van der Waals surface area contributed by atoms with E-state index in [1.807, 2.05) is 38.1 Å². The van der Waals surface area contributed by atoms with E-state index in [9.17, 15) is 4.79 Å². The van der Waals surface area contributed by atoms with E-state index in [0.717, 1.165) is 27.8 Å². The molecular formula is C20H20N2O3S. The van der Waals surface area contributed by atoms with Crippen molar-refractivity contribution in [3.8, 4) is 5.75 Å². The number of thioether (sulfide) groups is 1. The van der Waals surface area contributed by atoms with Crippen molar-refractivity contribution in [2.24, 2.45) is 10.7 Å². The van der Waals surface area contributed by atoms with Crippen LogP contribution in [0.2, 0.25) is 0 Å². The Labute approximate surface area is 155 Å². The lowest BCUT2D eigenvalue weighted by Crippen LogP contribution is -2.07. The highest BCUT2D eigenvalue weighted by Crippen LogP contribution is 2.26. The molecule has 0 aliphatic heterocycles. The van der Waals surface area contributed by atoms with E-state index in [2.05, 4.69) is 11.1 Å². The molecule has 26 heavy (non-hydrogen) atoms. The highest BCUT2D eigenvalue weighted by Gasteiger charge is 2.08. The van der Waals surface area contributed by atoms with Crippen molar-refractivity contribution in [3.05, 3.63) is 69.6 Å². The molecule has 0 unspecified atom stereocenters. The van der Waals surface area contributed by atoms with Crippen LogP contribution in [0.4, 0.5) is 5.69 Å². The van der Waals surface area contributed by atoms with Gasteiger partial charge in [0, 0.05) is 23.3 Å². The molecule has 2 N–H and O–H groups in total. The number of methoxy groups -OCH3 is 1. The van der Waals surface area contributed by atoms with Gasteiger partial charge in [-0.3, -0.25) is 0 Å². The first kappa shape index (κ1) is 18.1. The molecule has 134 valence electrons. The quantitative estimate of drug-likeness (QED) is 0.422. The predicted octanol–water partition coefficient (Wildman–Crippen LogP) is 4.30. The van der Waals surface area contributed by atoms with Gasteiger partial charge in [0.15, 0.2) is 5.17 Å². The minimum atomic E-state index is -0.397. The molecule has 3 rings (SSSR count). The van der Waals surface area contributed by atoms with Gasteiger partial charge < -0.3 is 14.9 Å². The molecule has 2 aromatic carbocycles. The molecule has 0 amide bonds. The molecule has 1 aromatic heterocycles. The third-order valence-corrected chi connectivity index (χ3v) is 4.70. The SMILES string of the molecule is COc1ccc2c(CSC(N)=Nc3cc(C)cc(C)c3)cc(=O)oc2c1. The molecule has 0 bridgehead atoms. The molecule has 0 radical (unpaired) electrons. The Morgan fingerprint density at radius 3 is 2.58 bits per heavy atom. The van der Waals surface area contributed by atoms with Crippen LogP contribution >= 0.6 is 11.8 Å². The van der Waals surface area contributed by atoms with Gasteiger partial charge in [0.05, 0.1) is 12.8 Å².